The first-order chi connectivity index (χ1) is 22.2. The number of carbonyl (C=O) groups excluding carboxylic acids is 3. The third-order valence-electron chi connectivity index (χ3n) is 8.23. The molecular weight excluding hydrogens is 580 g/mol. The molecular formula is C37H38N4O5. The number of nitrogens with one attached hydrogen (secondary N) is 2. The van der Waals surface area contributed by atoms with Gasteiger partial charge in [-0.2, -0.15) is 0 Å². The maximum atomic E-state index is 13.3. The Kier molecular flexibility index (Phi) is 9.93. The second-order valence-electron chi connectivity index (χ2n) is 11.3. The van der Waals surface area contributed by atoms with Crippen molar-refractivity contribution in [3.05, 3.63) is 129 Å². The fourth-order valence-electron chi connectivity index (χ4n) is 5.56. The molecule has 9 nitrogen and oxygen atoms in total. The maximum Gasteiger partial charge on any atom is 0.256 e. The van der Waals surface area contributed by atoms with Crippen LogP contribution in [0.25, 0.3) is 11.1 Å². The number of amides is 3. The van der Waals surface area contributed by atoms with Crippen LogP contribution in [0.1, 0.15) is 49.9 Å². The summed E-state index contributed by atoms with van der Waals surface area (Å²) in [6.45, 7) is 9.39. The molecule has 3 aromatic carbocycles. The number of aromatic nitrogens is 1. The highest BCUT2D eigenvalue weighted by atomic mass is 16.5. The first kappa shape index (κ1) is 32.1. The van der Waals surface area contributed by atoms with Crippen LogP contribution in [0.15, 0.2) is 90.4 Å². The molecule has 1 aliphatic rings. The lowest BCUT2D eigenvalue weighted by Gasteiger charge is -2.27. The Hall–Kier alpha value is -5.28. The summed E-state index contributed by atoms with van der Waals surface area (Å²) in [5.74, 6) is -0.835. The highest BCUT2D eigenvalue weighted by Crippen LogP contribution is 2.30. The van der Waals surface area contributed by atoms with Crippen molar-refractivity contribution in [1.82, 2.24) is 9.47 Å². The summed E-state index contributed by atoms with van der Waals surface area (Å²) in [4.78, 5) is 53.6. The van der Waals surface area contributed by atoms with Crippen molar-refractivity contribution in [3.8, 4) is 11.1 Å². The zero-order chi connectivity index (χ0) is 32.8. The molecule has 2 heterocycles. The van der Waals surface area contributed by atoms with Crippen LogP contribution in [0, 0.1) is 6.92 Å². The van der Waals surface area contributed by atoms with Crippen molar-refractivity contribution >= 4 is 29.1 Å². The van der Waals surface area contributed by atoms with Crippen LogP contribution in [-0.4, -0.2) is 53.5 Å². The first-order valence-corrected chi connectivity index (χ1v) is 15.3. The van der Waals surface area contributed by atoms with Crippen LogP contribution in [0.4, 0.5) is 11.4 Å². The molecule has 1 aliphatic heterocycles. The summed E-state index contributed by atoms with van der Waals surface area (Å²) in [6, 6.07) is 20.3. The number of morpholine rings is 1. The van der Waals surface area contributed by atoms with E-state index in [9.17, 15) is 19.2 Å². The maximum absolute atomic E-state index is 13.3. The highest BCUT2D eigenvalue weighted by molar-refractivity contribution is 6.07. The predicted octanol–water partition coefficient (Wildman–Crippen LogP) is 5.36. The second kappa shape index (κ2) is 14.2. The Morgan fingerprint density at radius 2 is 1.65 bits per heavy atom. The molecule has 0 bridgehead atoms. The summed E-state index contributed by atoms with van der Waals surface area (Å²) in [5.41, 5.74) is 6.82. The van der Waals surface area contributed by atoms with E-state index in [1.54, 1.807) is 40.9 Å². The number of benzene rings is 3. The van der Waals surface area contributed by atoms with Crippen molar-refractivity contribution in [1.29, 1.82) is 0 Å². The van der Waals surface area contributed by atoms with E-state index in [0.29, 0.717) is 54.4 Å². The molecule has 1 saturated heterocycles. The van der Waals surface area contributed by atoms with Crippen molar-refractivity contribution in [2.24, 2.45) is 7.05 Å². The third-order valence-corrected chi connectivity index (χ3v) is 8.23. The molecule has 9 heteroatoms. The molecule has 0 aliphatic carbocycles. The monoisotopic (exact) mass is 618 g/mol. The molecule has 4 aromatic rings. The van der Waals surface area contributed by atoms with Gasteiger partial charge in [-0.3, -0.25) is 19.2 Å². The molecule has 1 aromatic heterocycles. The predicted molar refractivity (Wildman–Crippen MR) is 180 cm³/mol. The summed E-state index contributed by atoms with van der Waals surface area (Å²) < 4.78 is 6.92. The SMILES string of the molecule is C=CC(=O)Nc1cc(Cc2cc(-c3cccc(NC(=O)c4ccc(CC)cc4)c3C)cn(C)c2=O)ccc1C(=O)N1CCOCC1. The standard InChI is InChI=1S/C37H38N4O5/c1-5-25-10-13-27(14-11-25)35(43)39-32-9-7-8-30(24(32)3)29-22-28(36(44)40(4)23-29)20-26-12-15-31(33(21-26)38-34(42)6-2)37(45)41-16-18-46-19-17-41/h6-15,21-23H,2,5,16-20H2,1,3-4H3,(H,38,42)(H,39,43). The number of hydrogen-bond acceptors (Lipinski definition) is 5. The highest BCUT2D eigenvalue weighted by Gasteiger charge is 2.22. The van der Waals surface area contributed by atoms with Gasteiger partial charge in [0, 0.05) is 49.6 Å². The number of pyridine rings is 1. The van der Waals surface area contributed by atoms with E-state index in [-0.39, 0.29) is 23.8 Å². The summed E-state index contributed by atoms with van der Waals surface area (Å²) in [5, 5.41) is 5.79. The number of carbonyl (C=O) groups is 3. The molecule has 46 heavy (non-hydrogen) atoms. The zero-order valence-corrected chi connectivity index (χ0v) is 26.4. The Bertz CT molecular complexity index is 1850. The normalized spacial score (nSPS) is 12.8. The zero-order valence-electron chi connectivity index (χ0n) is 26.4. The number of nitrogens with zero attached hydrogens (tertiary/aromatic N) is 2. The fraction of sp³-hybridized carbons (Fsp3) is 0.243. The Labute approximate surface area is 268 Å². The lowest BCUT2D eigenvalue weighted by molar-refractivity contribution is -0.111. The quantitative estimate of drug-likeness (QED) is 0.246. The van der Waals surface area contributed by atoms with Crippen LogP contribution >= 0.6 is 0 Å². The van der Waals surface area contributed by atoms with Crippen molar-refractivity contribution in [2.45, 2.75) is 26.7 Å². The Morgan fingerprint density at radius 3 is 2.35 bits per heavy atom. The lowest BCUT2D eigenvalue weighted by atomic mass is 9.96. The summed E-state index contributed by atoms with van der Waals surface area (Å²) in [6.07, 6.45) is 4.10. The summed E-state index contributed by atoms with van der Waals surface area (Å²) in [7, 11) is 1.70. The van der Waals surface area contributed by atoms with E-state index in [2.05, 4.69) is 24.1 Å². The molecule has 236 valence electrons. The smallest absolute Gasteiger partial charge is 0.256 e. The number of rotatable bonds is 9. The van der Waals surface area contributed by atoms with Crippen LogP contribution in [0.3, 0.4) is 0 Å². The molecule has 0 unspecified atom stereocenters. The van der Waals surface area contributed by atoms with Crippen LogP contribution in [0.5, 0.6) is 0 Å². The first-order valence-electron chi connectivity index (χ1n) is 15.3. The van der Waals surface area contributed by atoms with Gasteiger partial charge >= 0.3 is 0 Å². The largest absolute Gasteiger partial charge is 0.378 e. The molecule has 0 spiro atoms. The fourth-order valence-corrected chi connectivity index (χ4v) is 5.56. The van der Waals surface area contributed by atoms with Gasteiger partial charge in [0.05, 0.1) is 24.5 Å². The van der Waals surface area contributed by atoms with Gasteiger partial charge in [0.25, 0.3) is 17.4 Å². The molecule has 5 rings (SSSR count). The van der Waals surface area contributed by atoms with Gasteiger partial charge in [-0.1, -0.05) is 43.8 Å². The van der Waals surface area contributed by atoms with E-state index in [0.717, 1.165) is 40.3 Å². The third kappa shape index (κ3) is 7.16. The van der Waals surface area contributed by atoms with Gasteiger partial charge in [-0.15, -0.1) is 0 Å². The van der Waals surface area contributed by atoms with E-state index in [4.69, 9.17) is 4.74 Å². The minimum atomic E-state index is -0.438. The average Bonchev–Trinajstić information content (AvgIpc) is 3.07. The van der Waals surface area contributed by atoms with Gasteiger partial charge in [0.15, 0.2) is 0 Å². The second-order valence-corrected chi connectivity index (χ2v) is 11.3. The van der Waals surface area contributed by atoms with Gasteiger partial charge in [0.2, 0.25) is 5.91 Å². The van der Waals surface area contributed by atoms with Crippen molar-refractivity contribution < 1.29 is 19.1 Å². The minimum Gasteiger partial charge on any atom is -0.378 e. The molecule has 1 fully saturated rings. The minimum absolute atomic E-state index is 0.161. The molecule has 0 radical (unpaired) electrons. The van der Waals surface area contributed by atoms with Crippen LogP contribution in [0.2, 0.25) is 0 Å². The van der Waals surface area contributed by atoms with E-state index < -0.39 is 5.91 Å². The van der Waals surface area contributed by atoms with Crippen LogP contribution in [-0.2, 0) is 29.4 Å². The number of hydrogen-bond donors (Lipinski definition) is 2. The number of ether oxygens (including phenoxy) is 1. The van der Waals surface area contributed by atoms with E-state index in [1.807, 2.05) is 55.5 Å². The average molecular weight is 619 g/mol. The van der Waals surface area contributed by atoms with Crippen molar-refractivity contribution in [2.75, 3.05) is 36.9 Å². The number of anilines is 2. The van der Waals surface area contributed by atoms with Gasteiger partial charge in [0.1, 0.15) is 0 Å². The van der Waals surface area contributed by atoms with E-state index in [1.165, 1.54) is 0 Å². The lowest BCUT2D eigenvalue weighted by Crippen LogP contribution is -2.41. The molecule has 0 atom stereocenters. The van der Waals surface area contributed by atoms with Gasteiger partial charge in [-0.25, -0.2) is 0 Å². The molecule has 2 N–H and O–H groups in total. The number of aryl methyl sites for hydroxylation is 2. The van der Waals surface area contributed by atoms with Crippen LogP contribution < -0.4 is 16.2 Å². The van der Waals surface area contributed by atoms with Crippen molar-refractivity contribution in [3.63, 3.8) is 0 Å². The Balaban J connectivity index is 1.44. The molecule has 3 amide bonds. The topological polar surface area (TPSA) is 110 Å². The van der Waals surface area contributed by atoms with Gasteiger partial charge in [-0.05, 0) is 83.6 Å². The summed E-state index contributed by atoms with van der Waals surface area (Å²) >= 11 is 0. The molecule has 0 saturated carbocycles. The van der Waals surface area contributed by atoms with E-state index >= 15 is 0 Å². The Morgan fingerprint density at radius 1 is 0.935 bits per heavy atom. The van der Waals surface area contributed by atoms with Gasteiger partial charge < -0.3 is 24.8 Å².